The topological polar surface area (TPSA) is 46.4 Å². The van der Waals surface area contributed by atoms with Gasteiger partial charge in [0.1, 0.15) is 11.5 Å². The molecule has 0 radical (unpaired) electrons. The van der Waals surface area contributed by atoms with Crippen molar-refractivity contribution < 1.29 is 9.18 Å². The highest BCUT2D eigenvalue weighted by Crippen LogP contribution is 2.13. The molecule has 0 saturated carbocycles. The van der Waals surface area contributed by atoms with E-state index in [1.165, 1.54) is 35.6 Å². The highest BCUT2D eigenvalue weighted by molar-refractivity contribution is 7.15. The van der Waals surface area contributed by atoms with Gasteiger partial charge in [0.2, 0.25) is 0 Å². The number of carbonyl (C=O) groups excluding carboxylic acids is 1. The molecule has 0 unspecified atom stereocenters. The van der Waals surface area contributed by atoms with E-state index >= 15 is 0 Å². The summed E-state index contributed by atoms with van der Waals surface area (Å²) in [6.45, 7) is 0. The Balaban J connectivity index is 1.82. The minimum atomic E-state index is -0.337. The molecule has 1 aromatic carbocycles. The summed E-state index contributed by atoms with van der Waals surface area (Å²) in [5, 5.41) is 4.55. The Morgan fingerprint density at radius 1 is 1.33 bits per heavy atom. The van der Waals surface area contributed by atoms with Crippen molar-refractivity contribution in [3.8, 4) is 0 Å². The Kier molecular flexibility index (Phi) is 2.56. The van der Waals surface area contributed by atoms with Crippen molar-refractivity contribution in [3.63, 3.8) is 0 Å². The quantitative estimate of drug-likeness (QED) is 0.771. The van der Waals surface area contributed by atoms with Crippen molar-refractivity contribution in [1.82, 2.24) is 9.38 Å². The number of benzene rings is 1. The van der Waals surface area contributed by atoms with Gasteiger partial charge >= 0.3 is 0 Å². The number of aromatic nitrogens is 2. The first-order valence-corrected chi connectivity index (χ1v) is 6.09. The number of nitrogens with one attached hydrogen (secondary N) is 1. The van der Waals surface area contributed by atoms with E-state index in [0.717, 1.165) is 4.96 Å². The average Bonchev–Trinajstić information content (AvgIpc) is 2.92. The summed E-state index contributed by atoms with van der Waals surface area (Å²) in [7, 11) is 0. The van der Waals surface area contributed by atoms with E-state index in [-0.39, 0.29) is 11.7 Å². The van der Waals surface area contributed by atoms with E-state index in [0.29, 0.717) is 11.4 Å². The zero-order chi connectivity index (χ0) is 12.5. The first kappa shape index (κ1) is 10.9. The first-order valence-electron chi connectivity index (χ1n) is 5.21. The van der Waals surface area contributed by atoms with Crippen LogP contribution in [0.4, 0.5) is 10.1 Å². The van der Waals surface area contributed by atoms with Gasteiger partial charge in [0, 0.05) is 23.5 Å². The van der Waals surface area contributed by atoms with E-state index in [1.807, 2.05) is 11.6 Å². The summed E-state index contributed by atoms with van der Waals surface area (Å²) in [5.74, 6) is -0.645. The van der Waals surface area contributed by atoms with E-state index in [1.54, 1.807) is 10.6 Å². The smallest absolute Gasteiger partial charge is 0.275 e. The van der Waals surface area contributed by atoms with Gasteiger partial charge < -0.3 is 5.32 Å². The number of imidazole rings is 1. The number of hydrogen-bond donors (Lipinski definition) is 1. The van der Waals surface area contributed by atoms with Crippen LogP contribution in [-0.2, 0) is 0 Å². The normalized spacial score (nSPS) is 10.7. The second-order valence-corrected chi connectivity index (χ2v) is 4.55. The summed E-state index contributed by atoms with van der Waals surface area (Å²) in [6.07, 6.45) is 3.49. The van der Waals surface area contributed by atoms with Crippen LogP contribution in [0.5, 0.6) is 0 Å². The second kappa shape index (κ2) is 4.23. The zero-order valence-electron chi connectivity index (χ0n) is 9.13. The Morgan fingerprint density at radius 2 is 2.11 bits per heavy atom. The maximum absolute atomic E-state index is 12.7. The lowest BCUT2D eigenvalue weighted by molar-refractivity contribution is 0.102. The number of halogens is 1. The van der Waals surface area contributed by atoms with Gasteiger partial charge in [-0.3, -0.25) is 9.20 Å². The third-order valence-electron chi connectivity index (χ3n) is 2.43. The van der Waals surface area contributed by atoms with Crippen LogP contribution in [0, 0.1) is 5.82 Å². The summed E-state index contributed by atoms with van der Waals surface area (Å²) >= 11 is 1.46. The van der Waals surface area contributed by atoms with Crippen LogP contribution < -0.4 is 5.32 Å². The molecule has 0 aliphatic carbocycles. The van der Waals surface area contributed by atoms with Gasteiger partial charge in [-0.2, -0.15) is 0 Å². The predicted octanol–water partition coefficient (Wildman–Crippen LogP) is 2.79. The van der Waals surface area contributed by atoms with Gasteiger partial charge in [-0.15, -0.1) is 11.3 Å². The maximum atomic E-state index is 12.7. The molecular formula is C12H8FN3OS. The van der Waals surface area contributed by atoms with Gasteiger partial charge in [0.25, 0.3) is 5.91 Å². The Labute approximate surface area is 106 Å². The number of hydrogen-bond acceptors (Lipinski definition) is 3. The van der Waals surface area contributed by atoms with E-state index in [9.17, 15) is 9.18 Å². The highest BCUT2D eigenvalue weighted by atomic mass is 32.1. The highest BCUT2D eigenvalue weighted by Gasteiger charge is 2.11. The Bertz CT molecular complexity index is 673. The summed E-state index contributed by atoms with van der Waals surface area (Å²) in [6, 6.07) is 5.60. The van der Waals surface area contributed by atoms with Crippen molar-refractivity contribution in [1.29, 1.82) is 0 Å². The molecule has 90 valence electrons. The van der Waals surface area contributed by atoms with Gasteiger partial charge in [-0.1, -0.05) is 0 Å². The van der Waals surface area contributed by atoms with Gasteiger partial charge in [-0.05, 0) is 24.3 Å². The molecule has 0 atom stereocenters. The molecule has 0 bridgehead atoms. The molecule has 6 heteroatoms. The molecule has 0 fully saturated rings. The van der Waals surface area contributed by atoms with E-state index in [4.69, 9.17) is 0 Å². The molecule has 3 rings (SSSR count). The van der Waals surface area contributed by atoms with Crippen molar-refractivity contribution >= 4 is 27.9 Å². The minimum Gasteiger partial charge on any atom is -0.321 e. The van der Waals surface area contributed by atoms with Crippen molar-refractivity contribution in [2.24, 2.45) is 0 Å². The van der Waals surface area contributed by atoms with E-state index in [2.05, 4.69) is 10.3 Å². The molecule has 2 aromatic heterocycles. The van der Waals surface area contributed by atoms with Crippen LogP contribution >= 0.6 is 11.3 Å². The van der Waals surface area contributed by atoms with Crippen molar-refractivity contribution in [2.75, 3.05) is 5.32 Å². The fourth-order valence-electron chi connectivity index (χ4n) is 1.57. The van der Waals surface area contributed by atoms with Crippen LogP contribution in [0.25, 0.3) is 4.96 Å². The number of nitrogens with zero attached hydrogens (tertiary/aromatic N) is 2. The van der Waals surface area contributed by atoms with Crippen LogP contribution in [0.1, 0.15) is 10.5 Å². The standard InChI is InChI=1S/C12H8FN3OS/c13-8-1-3-9(4-2-8)14-11(17)10-7-16-5-6-18-12(16)15-10/h1-7H,(H,14,17). The van der Waals surface area contributed by atoms with Gasteiger partial charge in [0.15, 0.2) is 4.96 Å². The molecule has 2 heterocycles. The molecule has 4 nitrogen and oxygen atoms in total. The zero-order valence-corrected chi connectivity index (χ0v) is 9.95. The van der Waals surface area contributed by atoms with Crippen molar-refractivity contribution in [3.05, 3.63) is 53.6 Å². The van der Waals surface area contributed by atoms with Gasteiger partial charge in [-0.25, -0.2) is 9.37 Å². The van der Waals surface area contributed by atoms with Crippen LogP contribution in [0.15, 0.2) is 42.0 Å². The van der Waals surface area contributed by atoms with Crippen LogP contribution in [0.2, 0.25) is 0 Å². The Hall–Kier alpha value is -2.21. The molecule has 3 aromatic rings. The maximum Gasteiger partial charge on any atom is 0.275 e. The number of carbonyl (C=O) groups is 1. The summed E-state index contributed by atoms with van der Waals surface area (Å²) in [4.78, 5) is 16.8. The predicted molar refractivity (Wildman–Crippen MR) is 67.4 cm³/mol. The fourth-order valence-corrected chi connectivity index (χ4v) is 2.27. The average molecular weight is 261 g/mol. The largest absolute Gasteiger partial charge is 0.321 e. The minimum absolute atomic E-state index is 0.308. The lowest BCUT2D eigenvalue weighted by atomic mass is 10.3. The van der Waals surface area contributed by atoms with Gasteiger partial charge in [0.05, 0.1) is 0 Å². The van der Waals surface area contributed by atoms with Crippen LogP contribution in [-0.4, -0.2) is 15.3 Å². The van der Waals surface area contributed by atoms with E-state index < -0.39 is 0 Å². The molecule has 18 heavy (non-hydrogen) atoms. The lowest BCUT2D eigenvalue weighted by Gasteiger charge is -2.02. The molecule has 0 aliphatic heterocycles. The molecule has 0 aliphatic rings. The second-order valence-electron chi connectivity index (χ2n) is 3.68. The lowest BCUT2D eigenvalue weighted by Crippen LogP contribution is -2.12. The number of thiazole rings is 1. The summed E-state index contributed by atoms with van der Waals surface area (Å²) < 4.78 is 14.5. The Morgan fingerprint density at radius 3 is 2.83 bits per heavy atom. The monoisotopic (exact) mass is 261 g/mol. The third kappa shape index (κ3) is 1.98. The number of anilines is 1. The van der Waals surface area contributed by atoms with Crippen molar-refractivity contribution in [2.45, 2.75) is 0 Å². The SMILES string of the molecule is O=C(Nc1ccc(F)cc1)c1cn2ccsc2n1. The molecular weight excluding hydrogens is 253 g/mol. The molecule has 1 N–H and O–H groups in total. The molecule has 1 amide bonds. The number of fused-ring (bicyclic) bond motifs is 1. The molecule has 0 spiro atoms. The molecule has 0 saturated heterocycles. The third-order valence-corrected chi connectivity index (χ3v) is 3.20. The number of rotatable bonds is 2. The summed E-state index contributed by atoms with van der Waals surface area (Å²) in [5.41, 5.74) is 0.879. The fraction of sp³-hybridized carbons (Fsp3) is 0. The van der Waals surface area contributed by atoms with Crippen LogP contribution in [0.3, 0.4) is 0 Å². The number of amides is 1. The first-order chi connectivity index (χ1) is 8.72.